The Bertz CT molecular complexity index is 814. The van der Waals surface area contributed by atoms with Crippen LogP contribution < -0.4 is 10.6 Å². The molecule has 1 unspecified atom stereocenters. The number of carbonyl (C=O) groups is 1. The van der Waals surface area contributed by atoms with Gasteiger partial charge in [-0.3, -0.25) is 4.79 Å². The van der Waals surface area contributed by atoms with Gasteiger partial charge in [0.25, 0.3) is 0 Å². The Morgan fingerprint density at radius 3 is 2.64 bits per heavy atom. The highest BCUT2D eigenvalue weighted by Crippen LogP contribution is 2.45. The second-order valence-corrected chi connectivity index (χ2v) is 8.39. The highest BCUT2D eigenvalue weighted by atomic mass is 16.1. The molecule has 1 spiro atoms. The number of hydrogen-bond acceptors (Lipinski definition) is 4. The van der Waals surface area contributed by atoms with Crippen LogP contribution in [0.25, 0.3) is 0 Å². The minimum Gasteiger partial charge on any atom is -0.366 e. The third-order valence-corrected chi connectivity index (χ3v) is 6.61. The van der Waals surface area contributed by atoms with Gasteiger partial charge in [-0.05, 0) is 54.8 Å². The van der Waals surface area contributed by atoms with Crippen LogP contribution in [-0.4, -0.2) is 48.5 Å². The van der Waals surface area contributed by atoms with Crippen molar-refractivity contribution < 1.29 is 4.79 Å². The predicted octanol–water partition coefficient (Wildman–Crippen LogP) is 3.28. The number of nitrogens with zero attached hydrogens (tertiary/aromatic N) is 3. The summed E-state index contributed by atoms with van der Waals surface area (Å²) >= 11 is 0. The lowest BCUT2D eigenvalue weighted by Crippen LogP contribution is -2.51. The fourth-order valence-corrected chi connectivity index (χ4v) is 5.01. The van der Waals surface area contributed by atoms with E-state index in [1.54, 1.807) is 12.3 Å². The van der Waals surface area contributed by atoms with Crippen LogP contribution in [0.5, 0.6) is 0 Å². The summed E-state index contributed by atoms with van der Waals surface area (Å²) in [7, 11) is 0. The monoisotopic (exact) mass is 378 g/mol. The number of likely N-dealkylation sites (tertiary alicyclic amines) is 1. The first kappa shape index (κ1) is 18.9. The minimum atomic E-state index is -0.395. The average molecular weight is 379 g/mol. The van der Waals surface area contributed by atoms with Crippen LogP contribution in [0.1, 0.15) is 48.0 Å². The molecule has 2 aliphatic rings. The lowest BCUT2D eigenvalue weighted by atomic mass is 9.68. The van der Waals surface area contributed by atoms with Crippen molar-refractivity contribution >= 4 is 11.7 Å². The zero-order valence-corrected chi connectivity index (χ0v) is 16.7. The first-order valence-corrected chi connectivity index (χ1v) is 10.4. The number of anilines is 1. The number of benzene rings is 1. The second-order valence-electron chi connectivity index (χ2n) is 8.39. The maximum Gasteiger partial charge on any atom is 0.248 e. The van der Waals surface area contributed by atoms with Gasteiger partial charge >= 0.3 is 0 Å². The number of primary amides is 1. The SMILES string of the molecule is CCN1CC(c2ccccc2)CC2(CCN(c3cc(C(N)=O)ccn3)CC2)C1. The van der Waals surface area contributed by atoms with E-state index in [1.165, 1.54) is 18.5 Å². The summed E-state index contributed by atoms with van der Waals surface area (Å²) in [5.41, 5.74) is 7.80. The number of hydrogen-bond donors (Lipinski definition) is 1. The average Bonchev–Trinajstić information content (AvgIpc) is 2.74. The van der Waals surface area contributed by atoms with Crippen molar-refractivity contribution in [3.8, 4) is 0 Å². The van der Waals surface area contributed by atoms with Crippen molar-refractivity contribution in [1.82, 2.24) is 9.88 Å². The molecule has 1 amide bonds. The van der Waals surface area contributed by atoms with Crippen LogP contribution in [0.4, 0.5) is 5.82 Å². The summed E-state index contributed by atoms with van der Waals surface area (Å²) in [6, 6.07) is 14.5. The van der Waals surface area contributed by atoms with Crippen LogP contribution in [0.2, 0.25) is 0 Å². The highest BCUT2D eigenvalue weighted by Gasteiger charge is 2.42. The number of likely N-dealkylation sites (N-methyl/N-ethyl adjacent to an activating group) is 1. The molecule has 2 saturated heterocycles. The zero-order valence-electron chi connectivity index (χ0n) is 16.7. The van der Waals surface area contributed by atoms with Crippen LogP contribution in [0.15, 0.2) is 48.7 Å². The Hall–Kier alpha value is -2.40. The maximum atomic E-state index is 11.5. The van der Waals surface area contributed by atoms with Gasteiger partial charge in [-0.2, -0.15) is 0 Å². The molecule has 1 atom stereocenters. The van der Waals surface area contributed by atoms with Gasteiger partial charge in [0, 0.05) is 37.9 Å². The van der Waals surface area contributed by atoms with Crippen molar-refractivity contribution in [3.05, 3.63) is 59.8 Å². The van der Waals surface area contributed by atoms with Crippen LogP contribution in [0.3, 0.4) is 0 Å². The molecule has 2 aromatic rings. The number of amides is 1. The smallest absolute Gasteiger partial charge is 0.248 e. The molecular weight excluding hydrogens is 348 g/mol. The number of carbonyl (C=O) groups excluding carboxylic acids is 1. The predicted molar refractivity (Wildman–Crippen MR) is 113 cm³/mol. The molecule has 2 N–H and O–H groups in total. The topological polar surface area (TPSA) is 62.5 Å². The van der Waals surface area contributed by atoms with E-state index in [0.29, 0.717) is 16.9 Å². The molecule has 148 valence electrons. The van der Waals surface area contributed by atoms with Gasteiger partial charge in [-0.25, -0.2) is 4.98 Å². The third kappa shape index (κ3) is 3.90. The molecule has 2 aliphatic heterocycles. The van der Waals surface area contributed by atoms with Gasteiger partial charge in [-0.15, -0.1) is 0 Å². The highest BCUT2D eigenvalue weighted by molar-refractivity contribution is 5.93. The van der Waals surface area contributed by atoms with E-state index in [9.17, 15) is 4.79 Å². The summed E-state index contributed by atoms with van der Waals surface area (Å²) in [6.07, 6.45) is 5.27. The standard InChI is InChI=1S/C23H30N4O/c1-2-26-16-20(18-6-4-3-5-7-18)15-23(17-26)9-12-27(13-10-23)21-14-19(22(24)28)8-11-25-21/h3-8,11,14,20H,2,9-10,12-13,15-17H2,1H3,(H2,24,28). The summed E-state index contributed by atoms with van der Waals surface area (Å²) in [5.74, 6) is 1.08. The van der Waals surface area contributed by atoms with Crippen LogP contribution in [0, 0.1) is 5.41 Å². The van der Waals surface area contributed by atoms with Crippen LogP contribution in [-0.2, 0) is 0 Å². The molecule has 28 heavy (non-hydrogen) atoms. The number of pyridine rings is 1. The van der Waals surface area contributed by atoms with Gasteiger partial charge in [0.05, 0.1) is 0 Å². The number of rotatable bonds is 4. The van der Waals surface area contributed by atoms with E-state index in [-0.39, 0.29) is 0 Å². The van der Waals surface area contributed by atoms with E-state index in [0.717, 1.165) is 44.8 Å². The number of aromatic nitrogens is 1. The van der Waals surface area contributed by atoms with Crippen molar-refractivity contribution in [2.75, 3.05) is 37.6 Å². The largest absolute Gasteiger partial charge is 0.366 e. The molecule has 4 rings (SSSR count). The second kappa shape index (κ2) is 7.92. The van der Waals surface area contributed by atoms with E-state index in [2.05, 4.69) is 52.0 Å². The number of piperidine rings is 2. The Kier molecular flexibility index (Phi) is 5.36. The Morgan fingerprint density at radius 2 is 1.96 bits per heavy atom. The summed E-state index contributed by atoms with van der Waals surface area (Å²) in [4.78, 5) is 20.9. The lowest BCUT2D eigenvalue weighted by Gasteiger charge is -2.50. The van der Waals surface area contributed by atoms with E-state index in [1.807, 2.05) is 6.07 Å². The molecule has 3 heterocycles. The molecule has 0 radical (unpaired) electrons. The van der Waals surface area contributed by atoms with E-state index in [4.69, 9.17) is 5.73 Å². The molecule has 0 aliphatic carbocycles. The van der Waals surface area contributed by atoms with Crippen molar-refractivity contribution in [2.24, 2.45) is 11.1 Å². The van der Waals surface area contributed by atoms with E-state index < -0.39 is 5.91 Å². The molecular formula is C23H30N4O. The zero-order chi connectivity index (χ0) is 19.6. The van der Waals surface area contributed by atoms with Gasteiger partial charge in [0.15, 0.2) is 0 Å². The summed E-state index contributed by atoms with van der Waals surface area (Å²) < 4.78 is 0. The van der Waals surface area contributed by atoms with Gasteiger partial charge < -0.3 is 15.5 Å². The lowest BCUT2D eigenvalue weighted by molar-refractivity contribution is 0.0543. The first-order chi connectivity index (χ1) is 13.6. The van der Waals surface area contributed by atoms with Crippen LogP contribution >= 0.6 is 0 Å². The molecule has 1 aromatic carbocycles. The van der Waals surface area contributed by atoms with Gasteiger partial charge in [0.2, 0.25) is 5.91 Å². The first-order valence-electron chi connectivity index (χ1n) is 10.4. The van der Waals surface area contributed by atoms with Crippen molar-refractivity contribution in [3.63, 3.8) is 0 Å². The molecule has 0 bridgehead atoms. The minimum absolute atomic E-state index is 0.368. The number of nitrogens with two attached hydrogens (primary N) is 1. The fourth-order valence-electron chi connectivity index (χ4n) is 5.01. The van der Waals surface area contributed by atoms with Crippen molar-refractivity contribution in [1.29, 1.82) is 0 Å². The fraction of sp³-hybridized carbons (Fsp3) is 0.478. The Balaban J connectivity index is 1.49. The normalized spacial score (nSPS) is 22.3. The maximum absolute atomic E-state index is 11.5. The van der Waals surface area contributed by atoms with E-state index >= 15 is 0 Å². The molecule has 2 fully saturated rings. The van der Waals surface area contributed by atoms with Gasteiger partial charge in [-0.1, -0.05) is 37.3 Å². The molecule has 0 saturated carbocycles. The Labute approximate surface area is 167 Å². The summed E-state index contributed by atoms with van der Waals surface area (Å²) in [6.45, 7) is 7.69. The van der Waals surface area contributed by atoms with Gasteiger partial charge in [0.1, 0.15) is 5.82 Å². The quantitative estimate of drug-likeness (QED) is 0.887. The molecule has 5 nitrogen and oxygen atoms in total. The summed E-state index contributed by atoms with van der Waals surface area (Å²) in [5, 5.41) is 0. The molecule has 5 heteroatoms. The molecule has 1 aromatic heterocycles. The Morgan fingerprint density at radius 1 is 1.21 bits per heavy atom. The van der Waals surface area contributed by atoms with Crippen molar-refractivity contribution in [2.45, 2.75) is 32.1 Å². The third-order valence-electron chi connectivity index (χ3n) is 6.61.